The standard InChI is InChI=1S/C18H22O5S.C18H20O5S.2Na/c2*1-18-9-8-14-13-5-3-12(23-24(20,21)22)10-11(13)2-4-15(14)16(18)6-7-17(18)19;;/h3,5,10,14-16H,2,4,6-9H2,1H3,(H,20,21,22);3-5,10,14,16H,2,6-9H2,1H3,(H,20,21,22);;/q;;2*+1/p-2/t14-,15-,16+,18+;14-,16+,18+;;/m11../s1. The van der Waals surface area contributed by atoms with Crippen molar-refractivity contribution in [2.45, 2.75) is 96.3 Å². The molecule has 0 heterocycles. The Morgan fingerprint density at radius 1 is 0.700 bits per heavy atom. The van der Waals surface area contributed by atoms with Gasteiger partial charge in [-0.25, -0.2) is 16.8 Å². The van der Waals surface area contributed by atoms with E-state index in [1.54, 1.807) is 24.3 Å². The van der Waals surface area contributed by atoms with Gasteiger partial charge in [0, 0.05) is 29.6 Å². The van der Waals surface area contributed by atoms with Crippen LogP contribution in [0.1, 0.15) is 106 Å². The number of carbonyl (C=O) groups excluding carboxylic acids is 2. The number of allylic oxidation sites excluding steroid dienone is 2. The van der Waals surface area contributed by atoms with Crippen molar-refractivity contribution in [2.75, 3.05) is 0 Å². The summed E-state index contributed by atoms with van der Waals surface area (Å²) in [5, 5.41) is 0. The fourth-order valence-electron chi connectivity index (χ4n) is 10.4. The van der Waals surface area contributed by atoms with Crippen LogP contribution in [0.4, 0.5) is 0 Å². The molecule has 0 saturated heterocycles. The summed E-state index contributed by atoms with van der Waals surface area (Å²) < 4.78 is 73.6. The zero-order chi connectivity index (χ0) is 34.2. The molecule has 2 aromatic carbocycles. The van der Waals surface area contributed by atoms with Crippen LogP contribution in [0.3, 0.4) is 0 Å². The molecular formula is C36H40Na2O10S2. The molecule has 0 spiro atoms. The van der Waals surface area contributed by atoms with Gasteiger partial charge in [0.2, 0.25) is 0 Å². The summed E-state index contributed by atoms with van der Waals surface area (Å²) in [6.07, 6.45) is 11.8. The molecule has 0 unspecified atom stereocenters. The van der Waals surface area contributed by atoms with Gasteiger partial charge in [-0.3, -0.25) is 9.59 Å². The first-order valence-electron chi connectivity index (χ1n) is 16.9. The average molecular weight is 743 g/mol. The van der Waals surface area contributed by atoms with Crippen LogP contribution in [-0.4, -0.2) is 37.5 Å². The van der Waals surface area contributed by atoms with Crippen molar-refractivity contribution in [2.24, 2.45) is 28.6 Å². The number of rotatable bonds is 4. The Morgan fingerprint density at radius 3 is 1.94 bits per heavy atom. The van der Waals surface area contributed by atoms with Crippen LogP contribution in [0.25, 0.3) is 0 Å². The number of hydrogen-bond acceptors (Lipinski definition) is 10. The van der Waals surface area contributed by atoms with Crippen molar-refractivity contribution in [3.05, 3.63) is 70.3 Å². The summed E-state index contributed by atoms with van der Waals surface area (Å²) in [4.78, 5) is 24.6. The predicted octanol–water partition coefficient (Wildman–Crippen LogP) is -0.170. The molecule has 8 rings (SSSR count). The van der Waals surface area contributed by atoms with Gasteiger partial charge in [-0.2, -0.15) is 0 Å². The van der Waals surface area contributed by atoms with Crippen molar-refractivity contribution in [1.29, 1.82) is 0 Å². The monoisotopic (exact) mass is 742 g/mol. The van der Waals surface area contributed by atoms with E-state index < -0.39 is 20.8 Å². The fourth-order valence-corrected chi connectivity index (χ4v) is 11.1. The molecule has 4 fully saturated rings. The third kappa shape index (κ3) is 7.50. The minimum Gasteiger partial charge on any atom is -0.716 e. The normalized spacial score (nSPS) is 32.1. The van der Waals surface area contributed by atoms with Crippen LogP contribution in [-0.2, 0) is 43.2 Å². The Labute approximate surface area is 339 Å². The third-order valence-corrected chi connectivity index (χ3v) is 13.5. The van der Waals surface area contributed by atoms with Crippen molar-refractivity contribution >= 4 is 32.4 Å². The van der Waals surface area contributed by atoms with Crippen LogP contribution in [0, 0.1) is 28.6 Å². The second kappa shape index (κ2) is 14.6. The number of ketones is 2. The molecule has 0 aromatic heterocycles. The molecule has 14 heteroatoms. The molecule has 0 aliphatic heterocycles. The average Bonchev–Trinajstić information content (AvgIpc) is 3.49. The Balaban J connectivity index is 0.000000187. The second-order valence-electron chi connectivity index (χ2n) is 15.0. The van der Waals surface area contributed by atoms with Crippen molar-refractivity contribution in [1.82, 2.24) is 0 Å². The Bertz CT molecular complexity index is 1940. The number of hydrogen-bond donors (Lipinski definition) is 0. The molecule has 10 nitrogen and oxygen atoms in total. The van der Waals surface area contributed by atoms with Gasteiger partial charge in [0.05, 0.1) is 0 Å². The smallest absolute Gasteiger partial charge is 0.716 e. The van der Waals surface area contributed by atoms with Crippen molar-refractivity contribution in [3.63, 3.8) is 0 Å². The van der Waals surface area contributed by atoms with Gasteiger partial charge in [-0.15, -0.1) is 0 Å². The molecule has 0 N–H and O–H groups in total. The van der Waals surface area contributed by atoms with Gasteiger partial charge in [0.1, 0.15) is 23.1 Å². The Kier molecular flexibility index (Phi) is 11.8. The summed E-state index contributed by atoms with van der Waals surface area (Å²) >= 11 is 0. The molecule has 6 aliphatic rings. The summed E-state index contributed by atoms with van der Waals surface area (Å²) in [5.41, 5.74) is 5.50. The van der Waals surface area contributed by atoms with Gasteiger partial charge < -0.3 is 17.5 Å². The quantitative estimate of drug-likeness (QED) is 0.178. The molecule has 7 atom stereocenters. The number of fused-ring (bicyclic) bond motifs is 10. The number of carbonyl (C=O) groups is 2. The van der Waals surface area contributed by atoms with E-state index in [4.69, 9.17) is 0 Å². The molecular weight excluding hydrogens is 703 g/mol. The molecule has 0 bridgehead atoms. The summed E-state index contributed by atoms with van der Waals surface area (Å²) in [6, 6.07) is 10.2. The van der Waals surface area contributed by atoms with E-state index in [-0.39, 0.29) is 87.4 Å². The topological polar surface area (TPSA) is 167 Å². The minimum absolute atomic E-state index is 0. The largest absolute Gasteiger partial charge is 1.00 e. The van der Waals surface area contributed by atoms with Gasteiger partial charge in [-0.1, -0.05) is 37.6 Å². The Morgan fingerprint density at radius 2 is 1.28 bits per heavy atom. The molecule has 258 valence electrons. The van der Waals surface area contributed by atoms with E-state index in [0.717, 1.165) is 62.5 Å². The van der Waals surface area contributed by atoms with Crippen molar-refractivity contribution < 1.29 is 103 Å². The van der Waals surface area contributed by atoms with Gasteiger partial charge >= 0.3 is 59.1 Å². The van der Waals surface area contributed by atoms with Gasteiger partial charge in [0.15, 0.2) is 0 Å². The van der Waals surface area contributed by atoms with Gasteiger partial charge in [0.25, 0.3) is 20.8 Å². The maximum Gasteiger partial charge on any atom is 1.00 e. The van der Waals surface area contributed by atoms with Crippen LogP contribution < -0.4 is 67.5 Å². The van der Waals surface area contributed by atoms with E-state index in [2.05, 4.69) is 28.3 Å². The maximum atomic E-state index is 12.3. The van der Waals surface area contributed by atoms with Crippen molar-refractivity contribution in [3.8, 4) is 11.5 Å². The summed E-state index contributed by atoms with van der Waals surface area (Å²) in [7, 11) is -9.50. The molecule has 0 amide bonds. The molecule has 4 saturated carbocycles. The number of aryl methyl sites for hydroxylation is 1. The first kappa shape index (κ1) is 40.1. The molecule has 6 aliphatic carbocycles. The summed E-state index contributed by atoms with van der Waals surface area (Å²) in [5.74, 6) is 3.02. The maximum absolute atomic E-state index is 12.3. The van der Waals surface area contributed by atoms with Crippen LogP contribution >= 0.6 is 0 Å². The van der Waals surface area contributed by atoms with Crippen LogP contribution in [0.15, 0.2) is 48.0 Å². The second-order valence-corrected chi connectivity index (χ2v) is 16.9. The van der Waals surface area contributed by atoms with E-state index in [1.165, 1.54) is 16.7 Å². The fraction of sp³-hybridized carbons (Fsp3) is 0.556. The Hall–Kier alpha value is -1.06. The molecule has 50 heavy (non-hydrogen) atoms. The predicted molar refractivity (Wildman–Crippen MR) is 173 cm³/mol. The number of Topliss-reactive ketones (excluding diaryl/α,β-unsaturated/α-hetero) is 2. The molecule has 0 radical (unpaired) electrons. The van der Waals surface area contributed by atoms with E-state index in [0.29, 0.717) is 54.5 Å². The van der Waals surface area contributed by atoms with E-state index in [1.807, 2.05) is 12.1 Å². The zero-order valence-corrected chi connectivity index (χ0v) is 34.7. The minimum atomic E-state index is -4.76. The third-order valence-electron chi connectivity index (χ3n) is 12.7. The first-order chi connectivity index (χ1) is 22.6. The van der Waals surface area contributed by atoms with Crippen LogP contribution in [0.2, 0.25) is 0 Å². The SMILES string of the molecule is C[C@]12CC[C@@H]3c4ccc(OS(=O)(=O)[O-])cc4CC[C@H]3[C@@H]1CCC2=O.C[C@]12CC[C@H]3C(=CCc4cc(OS(=O)(=O)[O-])ccc43)[C@@H]1CCC2=O.[Na+].[Na+]. The van der Waals surface area contributed by atoms with E-state index in [9.17, 15) is 35.5 Å². The summed E-state index contributed by atoms with van der Waals surface area (Å²) in [6.45, 7) is 4.25. The van der Waals surface area contributed by atoms with Crippen LogP contribution in [0.5, 0.6) is 11.5 Å². The van der Waals surface area contributed by atoms with Gasteiger partial charge in [-0.05, 0) is 128 Å². The zero-order valence-electron chi connectivity index (χ0n) is 29.1. The first-order valence-corrected chi connectivity index (χ1v) is 19.6. The molecule has 2 aromatic rings. The number of benzene rings is 2. The van der Waals surface area contributed by atoms with E-state index >= 15 is 0 Å².